The van der Waals surface area contributed by atoms with Crippen molar-refractivity contribution in [2.24, 2.45) is 0 Å². The first-order valence-corrected chi connectivity index (χ1v) is 3.85. The number of carboxylic acids is 1. The quantitative estimate of drug-likeness (QED) is 0.581. The van der Waals surface area contributed by atoms with Gasteiger partial charge in [-0.1, -0.05) is 0 Å². The molecule has 0 aliphatic carbocycles. The third-order valence-electron chi connectivity index (χ3n) is 1.95. The molecule has 0 aliphatic heterocycles. The van der Waals surface area contributed by atoms with Crippen LogP contribution in [0, 0.1) is 0 Å². The summed E-state index contributed by atoms with van der Waals surface area (Å²) in [6.07, 6.45) is 3.42. The molecule has 0 radical (unpaired) electrons. The van der Waals surface area contributed by atoms with Crippen LogP contribution in [0.4, 0.5) is 0 Å². The molecule has 0 amide bonds. The summed E-state index contributed by atoms with van der Waals surface area (Å²) < 4.78 is 1.84. The maximum atomic E-state index is 10.6. The molecule has 0 aromatic carbocycles. The van der Waals surface area contributed by atoms with E-state index in [9.17, 15) is 4.79 Å². The first-order valence-electron chi connectivity index (χ1n) is 3.85. The molecule has 0 saturated carbocycles. The Morgan fingerprint density at radius 3 is 3.08 bits per heavy atom. The minimum atomic E-state index is -0.928. The Bertz CT molecular complexity index is 478. The van der Waals surface area contributed by atoms with Crippen LogP contribution in [-0.4, -0.2) is 28.3 Å². The molecule has 0 spiro atoms. The molecule has 0 bridgehead atoms. The van der Waals surface area contributed by atoms with Crippen molar-refractivity contribution in [2.75, 3.05) is 0 Å². The molecule has 0 aliphatic rings. The summed E-state index contributed by atoms with van der Waals surface area (Å²) >= 11 is 0. The number of hydrogen-bond acceptors (Lipinski definition) is 2. The van der Waals surface area contributed by atoms with Gasteiger partial charge < -0.3 is 9.51 Å². The van der Waals surface area contributed by atoms with Gasteiger partial charge >= 0.3 is 5.97 Å². The van der Waals surface area contributed by atoms with Crippen LogP contribution >= 0.6 is 0 Å². The summed E-state index contributed by atoms with van der Waals surface area (Å²) in [5.74, 6) is -0.928. The van der Waals surface area contributed by atoms with Crippen LogP contribution in [0.1, 0.15) is 10.4 Å². The van der Waals surface area contributed by atoms with Gasteiger partial charge in [0.05, 0.1) is 5.56 Å². The van der Waals surface area contributed by atoms with Gasteiger partial charge in [0.25, 0.3) is 0 Å². The first kappa shape index (κ1) is 7.85. The van der Waals surface area contributed by atoms with Gasteiger partial charge in [0.2, 0.25) is 0 Å². The van der Waals surface area contributed by atoms with E-state index in [4.69, 9.17) is 5.11 Å². The molecule has 2 rings (SSSR count). The van der Waals surface area contributed by atoms with E-state index in [1.807, 2.05) is 12.2 Å². The van der Waals surface area contributed by atoms with Gasteiger partial charge in [0.1, 0.15) is 5.65 Å². The number of fused-ring (bicyclic) bond motifs is 1. The molecule has 13 heavy (non-hydrogen) atoms. The average Bonchev–Trinajstić information content (AvgIpc) is 2.47. The monoisotopic (exact) mass is 174 g/mol. The molecule has 0 atom stereocenters. The molecule has 1 N–H and O–H groups in total. The van der Waals surface area contributed by atoms with Crippen molar-refractivity contribution in [3.8, 4) is 0 Å². The van der Waals surface area contributed by atoms with Crippen LogP contribution in [0.2, 0.25) is 0 Å². The Kier molecular flexibility index (Phi) is 1.58. The van der Waals surface area contributed by atoms with Gasteiger partial charge in [0.15, 0.2) is 7.85 Å². The van der Waals surface area contributed by atoms with Gasteiger partial charge in [0, 0.05) is 12.4 Å². The molecule has 0 fully saturated rings. The fraction of sp³-hybridized carbons (Fsp3) is 0. The number of aromatic nitrogens is 2. The van der Waals surface area contributed by atoms with E-state index in [0.717, 1.165) is 5.59 Å². The predicted octanol–water partition coefficient (Wildman–Crippen LogP) is -0.709. The van der Waals surface area contributed by atoms with Crippen molar-refractivity contribution in [1.29, 1.82) is 0 Å². The number of rotatable bonds is 1. The third kappa shape index (κ3) is 1.18. The number of hydrogen-bond donors (Lipinski definition) is 1. The Morgan fingerprint density at radius 2 is 2.38 bits per heavy atom. The summed E-state index contributed by atoms with van der Waals surface area (Å²) in [5, 5.41) is 8.71. The Labute approximate surface area is 75.2 Å². The van der Waals surface area contributed by atoms with Crippen LogP contribution in [0.15, 0.2) is 24.5 Å². The number of carbonyl (C=O) groups is 1. The van der Waals surface area contributed by atoms with E-state index in [1.165, 1.54) is 0 Å². The van der Waals surface area contributed by atoms with Crippen molar-refractivity contribution in [1.82, 2.24) is 9.38 Å². The van der Waals surface area contributed by atoms with Crippen LogP contribution < -0.4 is 5.59 Å². The third-order valence-corrected chi connectivity index (χ3v) is 1.95. The number of pyridine rings is 1. The SMILES string of the molecule is Bc1cnc2cc(C(=O)O)ccn12. The normalized spacial score (nSPS) is 10.5. The second-order valence-corrected chi connectivity index (χ2v) is 2.85. The van der Waals surface area contributed by atoms with Gasteiger partial charge in [-0.05, 0) is 17.7 Å². The van der Waals surface area contributed by atoms with Crippen molar-refractivity contribution in [2.45, 2.75) is 0 Å². The zero-order valence-electron chi connectivity index (χ0n) is 7.06. The predicted molar refractivity (Wildman–Crippen MR) is 50.3 cm³/mol. The number of imidazole rings is 1. The largest absolute Gasteiger partial charge is 0.478 e. The Morgan fingerprint density at radius 1 is 1.62 bits per heavy atom. The number of aromatic carboxylic acids is 1. The molecule has 0 saturated heterocycles. The standard InChI is InChI=1S/C8H7BN2O2/c9-6-4-10-7-3-5(8(12)13)1-2-11(6)7/h1-4H,9H2,(H,12,13). The second kappa shape index (κ2) is 2.62. The molecular weight excluding hydrogens is 167 g/mol. The smallest absolute Gasteiger partial charge is 0.335 e. The molecule has 0 unspecified atom stereocenters. The van der Waals surface area contributed by atoms with Crippen molar-refractivity contribution in [3.05, 3.63) is 30.1 Å². The molecule has 5 heteroatoms. The van der Waals surface area contributed by atoms with Crippen molar-refractivity contribution in [3.63, 3.8) is 0 Å². The van der Waals surface area contributed by atoms with Crippen LogP contribution in [0.25, 0.3) is 5.65 Å². The van der Waals surface area contributed by atoms with Crippen LogP contribution in [0.3, 0.4) is 0 Å². The maximum Gasteiger partial charge on any atom is 0.335 e. The molecule has 64 valence electrons. The van der Waals surface area contributed by atoms with Gasteiger partial charge in [-0.25, -0.2) is 9.78 Å². The van der Waals surface area contributed by atoms with E-state index >= 15 is 0 Å². The first-order chi connectivity index (χ1) is 6.18. The summed E-state index contributed by atoms with van der Waals surface area (Å²) in [6.45, 7) is 0. The van der Waals surface area contributed by atoms with Gasteiger partial charge in [-0.2, -0.15) is 0 Å². The molecule has 2 aromatic rings. The average molecular weight is 174 g/mol. The van der Waals surface area contributed by atoms with Crippen molar-refractivity contribution < 1.29 is 9.90 Å². The molecule has 4 nitrogen and oxygen atoms in total. The minimum absolute atomic E-state index is 0.262. The van der Waals surface area contributed by atoms with Gasteiger partial charge in [-0.3, -0.25) is 0 Å². The molecular formula is C8H7BN2O2. The fourth-order valence-corrected chi connectivity index (χ4v) is 1.24. The lowest BCUT2D eigenvalue weighted by atomic mass is 10.1. The van der Waals surface area contributed by atoms with E-state index < -0.39 is 5.97 Å². The summed E-state index contributed by atoms with van der Waals surface area (Å²) in [4.78, 5) is 14.7. The summed E-state index contributed by atoms with van der Waals surface area (Å²) in [6, 6.07) is 3.11. The van der Waals surface area contributed by atoms with E-state index in [-0.39, 0.29) is 5.56 Å². The minimum Gasteiger partial charge on any atom is -0.478 e. The van der Waals surface area contributed by atoms with E-state index in [1.54, 1.807) is 24.5 Å². The van der Waals surface area contributed by atoms with E-state index in [0.29, 0.717) is 5.65 Å². The second-order valence-electron chi connectivity index (χ2n) is 2.85. The summed E-state index contributed by atoms with van der Waals surface area (Å²) in [5.41, 5.74) is 1.92. The number of carboxylic acid groups (broad SMARTS) is 1. The molecule has 2 heterocycles. The highest BCUT2D eigenvalue weighted by Crippen LogP contribution is 2.03. The Balaban J connectivity index is 2.70. The Hall–Kier alpha value is -1.78. The lowest BCUT2D eigenvalue weighted by molar-refractivity contribution is 0.0697. The lowest BCUT2D eigenvalue weighted by Gasteiger charge is -1.97. The highest BCUT2D eigenvalue weighted by molar-refractivity contribution is 6.31. The van der Waals surface area contributed by atoms with Crippen molar-refractivity contribution >= 4 is 25.1 Å². The lowest BCUT2D eigenvalue weighted by Crippen LogP contribution is -2.09. The van der Waals surface area contributed by atoms with Gasteiger partial charge in [-0.15, -0.1) is 0 Å². The van der Waals surface area contributed by atoms with E-state index in [2.05, 4.69) is 4.98 Å². The fourth-order valence-electron chi connectivity index (χ4n) is 1.24. The molecule has 2 aromatic heterocycles. The summed E-state index contributed by atoms with van der Waals surface area (Å²) in [7, 11) is 1.92. The number of nitrogens with zero attached hydrogens (tertiary/aromatic N) is 2. The zero-order chi connectivity index (χ0) is 9.42. The highest BCUT2D eigenvalue weighted by atomic mass is 16.4. The topological polar surface area (TPSA) is 54.6 Å². The highest BCUT2D eigenvalue weighted by Gasteiger charge is 2.04. The maximum absolute atomic E-state index is 10.6. The van der Waals surface area contributed by atoms with Crippen LogP contribution in [-0.2, 0) is 0 Å². The zero-order valence-corrected chi connectivity index (χ0v) is 7.06. The van der Waals surface area contributed by atoms with Crippen LogP contribution in [0.5, 0.6) is 0 Å².